The molecule has 0 radical (unpaired) electrons. The van der Waals surface area contributed by atoms with Crippen LogP contribution in [0.5, 0.6) is 0 Å². The minimum atomic E-state index is 0.00733. The Bertz CT molecular complexity index is 344. The maximum Gasteiger partial charge on any atom is 0.0545 e. The molecule has 1 aromatic carbocycles. The minimum Gasteiger partial charge on any atom is -0.396 e. The monoisotopic (exact) mass is 259 g/mol. The van der Waals surface area contributed by atoms with E-state index in [-0.39, 0.29) is 18.6 Å². The highest BCUT2D eigenvalue weighted by Gasteiger charge is 2.07. The van der Waals surface area contributed by atoms with E-state index in [4.69, 9.17) is 22.4 Å². The zero-order chi connectivity index (χ0) is 12.1. The molecule has 0 saturated carbocycles. The second kappa shape index (κ2) is 6.50. The van der Waals surface area contributed by atoms with Crippen molar-refractivity contribution in [3.63, 3.8) is 0 Å². The summed E-state index contributed by atoms with van der Waals surface area (Å²) in [5.74, 6) is 1.16. The standard InChI is InChI=1S/C12H18ClNOS/c1-8(6-15)7-16-12-4-3-10(9(2)14)5-11(12)13/h3-5,8-9,15H,6-7,14H2,1-2H3/t8?,9-/m0/s1. The maximum absolute atomic E-state index is 8.94. The molecule has 2 atom stereocenters. The predicted molar refractivity (Wildman–Crippen MR) is 71.0 cm³/mol. The fourth-order valence-electron chi connectivity index (χ4n) is 1.20. The first kappa shape index (κ1) is 13.8. The number of benzene rings is 1. The zero-order valence-corrected chi connectivity index (χ0v) is 11.2. The Morgan fingerprint density at radius 1 is 1.44 bits per heavy atom. The molecule has 1 aromatic rings. The van der Waals surface area contributed by atoms with Crippen molar-refractivity contribution in [2.45, 2.75) is 24.8 Å². The van der Waals surface area contributed by atoms with Crippen LogP contribution in [0.1, 0.15) is 25.5 Å². The van der Waals surface area contributed by atoms with Gasteiger partial charge in [-0.15, -0.1) is 11.8 Å². The third kappa shape index (κ3) is 3.98. The summed E-state index contributed by atoms with van der Waals surface area (Å²) in [6.45, 7) is 4.16. The molecule has 0 heterocycles. The molecule has 0 saturated heterocycles. The van der Waals surface area contributed by atoms with Crippen molar-refractivity contribution >= 4 is 23.4 Å². The number of hydrogen-bond acceptors (Lipinski definition) is 3. The molecule has 0 aromatic heterocycles. The summed E-state index contributed by atoms with van der Waals surface area (Å²) >= 11 is 7.83. The number of aliphatic hydroxyl groups is 1. The van der Waals surface area contributed by atoms with Crippen LogP contribution in [0.25, 0.3) is 0 Å². The van der Waals surface area contributed by atoms with E-state index < -0.39 is 0 Å². The van der Waals surface area contributed by atoms with Crippen LogP contribution in [-0.2, 0) is 0 Å². The van der Waals surface area contributed by atoms with Crippen molar-refractivity contribution in [3.8, 4) is 0 Å². The molecule has 16 heavy (non-hydrogen) atoms. The number of hydrogen-bond donors (Lipinski definition) is 2. The fourth-order valence-corrected chi connectivity index (χ4v) is 2.49. The third-order valence-electron chi connectivity index (χ3n) is 2.32. The molecule has 0 aliphatic rings. The first-order valence-electron chi connectivity index (χ1n) is 5.33. The quantitative estimate of drug-likeness (QED) is 0.799. The molecule has 4 heteroatoms. The lowest BCUT2D eigenvalue weighted by Crippen LogP contribution is -2.05. The lowest BCUT2D eigenvalue weighted by molar-refractivity contribution is 0.250. The summed E-state index contributed by atoms with van der Waals surface area (Å²) in [6, 6.07) is 5.92. The fraction of sp³-hybridized carbons (Fsp3) is 0.500. The molecule has 0 fully saturated rings. The Morgan fingerprint density at radius 3 is 2.62 bits per heavy atom. The second-order valence-corrected chi connectivity index (χ2v) is 5.55. The second-order valence-electron chi connectivity index (χ2n) is 4.08. The van der Waals surface area contributed by atoms with Crippen LogP contribution in [0.2, 0.25) is 5.02 Å². The Hall–Kier alpha value is -0.220. The Labute approximate surface area is 106 Å². The van der Waals surface area contributed by atoms with E-state index in [0.717, 1.165) is 21.2 Å². The molecular weight excluding hydrogens is 242 g/mol. The largest absolute Gasteiger partial charge is 0.396 e. The number of aliphatic hydroxyl groups excluding tert-OH is 1. The Morgan fingerprint density at radius 2 is 2.12 bits per heavy atom. The molecule has 1 unspecified atom stereocenters. The number of rotatable bonds is 5. The summed E-state index contributed by atoms with van der Waals surface area (Å²) in [4.78, 5) is 1.05. The van der Waals surface area contributed by atoms with Crippen LogP contribution in [0.4, 0.5) is 0 Å². The van der Waals surface area contributed by atoms with Gasteiger partial charge in [0.05, 0.1) is 5.02 Å². The molecule has 0 bridgehead atoms. The third-order valence-corrected chi connectivity index (χ3v) is 4.14. The maximum atomic E-state index is 8.94. The lowest BCUT2D eigenvalue weighted by atomic mass is 10.1. The summed E-state index contributed by atoms with van der Waals surface area (Å²) in [5.41, 5.74) is 6.82. The number of nitrogens with two attached hydrogens (primary N) is 1. The SMILES string of the molecule is CC(CO)CSc1ccc([C@H](C)N)cc1Cl. The van der Waals surface area contributed by atoms with Crippen molar-refractivity contribution in [2.75, 3.05) is 12.4 Å². The molecular formula is C12H18ClNOS. The van der Waals surface area contributed by atoms with Crippen molar-refractivity contribution in [2.24, 2.45) is 11.7 Å². The molecule has 2 nitrogen and oxygen atoms in total. The van der Waals surface area contributed by atoms with E-state index in [2.05, 4.69) is 0 Å². The first-order chi connectivity index (χ1) is 7.54. The Balaban J connectivity index is 2.68. The molecule has 90 valence electrons. The summed E-state index contributed by atoms with van der Waals surface area (Å²) in [6.07, 6.45) is 0. The number of thioether (sulfide) groups is 1. The average molecular weight is 260 g/mol. The van der Waals surface area contributed by atoms with Crippen LogP contribution in [0.15, 0.2) is 23.1 Å². The predicted octanol–water partition coefficient (Wildman–Crippen LogP) is 3.08. The first-order valence-corrected chi connectivity index (χ1v) is 6.69. The van der Waals surface area contributed by atoms with Gasteiger partial charge in [-0.1, -0.05) is 24.6 Å². The van der Waals surface area contributed by atoms with Crippen molar-refractivity contribution < 1.29 is 5.11 Å². The van der Waals surface area contributed by atoms with Gasteiger partial charge in [0.25, 0.3) is 0 Å². The van der Waals surface area contributed by atoms with E-state index in [1.165, 1.54) is 0 Å². The summed E-state index contributed by atoms with van der Waals surface area (Å²) in [7, 11) is 0. The summed E-state index contributed by atoms with van der Waals surface area (Å²) in [5, 5.41) is 9.68. The van der Waals surface area contributed by atoms with E-state index >= 15 is 0 Å². The van der Waals surface area contributed by atoms with Gasteiger partial charge < -0.3 is 10.8 Å². The van der Waals surface area contributed by atoms with Gasteiger partial charge in [-0.2, -0.15) is 0 Å². The van der Waals surface area contributed by atoms with E-state index in [9.17, 15) is 0 Å². The lowest BCUT2D eigenvalue weighted by Gasteiger charge is -2.11. The van der Waals surface area contributed by atoms with E-state index in [1.54, 1.807) is 11.8 Å². The van der Waals surface area contributed by atoms with Gasteiger partial charge >= 0.3 is 0 Å². The van der Waals surface area contributed by atoms with Crippen LogP contribution in [0.3, 0.4) is 0 Å². The molecule has 0 aliphatic carbocycles. The van der Waals surface area contributed by atoms with Crippen molar-refractivity contribution in [3.05, 3.63) is 28.8 Å². The van der Waals surface area contributed by atoms with Crippen molar-refractivity contribution in [1.29, 1.82) is 0 Å². The highest BCUT2D eigenvalue weighted by molar-refractivity contribution is 7.99. The van der Waals surface area contributed by atoms with Gasteiger partial charge in [0.15, 0.2) is 0 Å². The van der Waals surface area contributed by atoms with Crippen molar-refractivity contribution in [1.82, 2.24) is 0 Å². The molecule has 3 N–H and O–H groups in total. The Kier molecular flexibility index (Phi) is 5.62. The molecule has 0 aliphatic heterocycles. The summed E-state index contributed by atoms with van der Waals surface area (Å²) < 4.78 is 0. The normalized spacial score (nSPS) is 14.8. The topological polar surface area (TPSA) is 46.2 Å². The van der Waals surface area contributed by atoms with Gasteiger partial charge in [0.1, 0.15) is 0 Å². The molecule has 0 amide bonds. The average Bonchev–Trinajstić information content (AvgIpc) is 2.26. The van der Waals surface area contributed by atoms with Crippen LogP contribution in [0, 0.1) is 5.92 Å². The van der Waals surface area contributed by atoms with Crippen LogP contribution >= 0.6 is 23.4 Å². The number of halogens is 1. The van der Waals surface area contributed by atoms with Gasteiger partial charge in [-0.3, -0.25) is 0 Å². The highest BCUT2D eigenvalue weighted by Crippen LogP contribution is 2.30. The van der Waals surface area contributed by atoms with Crippen LogP contribution < -0.4 is 5.73 Å². The minimum absolute atomic E-state index is 0.00733. The van der Waals surface area contributed by atoms with Gasteiger partial charge in [0.2, 0.25) is 0 Å². The zero-order valence-electron chi connectivity index (χ0n) is 9.61. The molecule has 1 rings (SSSR count). The van der Waals surface area contributed by atoms with Gasteiger partial charge in [-0.05, 0) is 30.5 Å². The molecule has 0 spiro atoms. The highest BCUT2D eigenvalue weighted by atomic mass is 35.5. The van der Waals surface area contributed by atoms with E-state index in [0.29, 0.717) is 0 Å². The van der Waals surface area contributed by atoms with Crippen LogP contribution in [-0.4, -0.2) is 17.5 Å². The van der Waals surface area contributed by atoms with Gasteiger partial charge in [-0.25, -0.2) is 0 Å². The smallest absolute Gasteiger partial charge is 0.0545 e. The van der Waals surface area contributed by atoms with Gasteiger partial charge in [0, 0.05) is 23.3 Å². The van der Waals surface area contributed by atoms with E-state index in [1.807, 2.05) is 32.0 Å².